The molecule has 0 spiro atoms. The van der Waals surface area contributed by atoms with Crippen LogP contribution in [0.25, 0.3) is 0 Å². The molecule has 0 bridgehead atoms. The van der Waals surface area contributed by atoms with E-state index in [1.165, 1.54) is 0 Å². The van der Waals surface area contributed by atoms with Crippen molar-refractivity contribution < 1.29 is 105 Å². The zero-order valence-corrected chi connectivity index (χ0v) is 23.7. The third-order valence-electron chi connectivity index (χ3n) is 8.48. The van der Waals surface area contributed by atoms with Gasteiger partial charge in [-0.2, -0.15) is 0 Å². The van der Waals surface area contributed by atoms with Crippen LogP contribution < -0.4 is 0 Å². The molecule has 4 aliphatic rings. The molecular formula is C24H42O21. The number of ether oxygens (including phenoxy) is 7. The Kier molecular flexibility index (Phi) is 11.8. The SMILES string of the molecule is OCC1O[C@@H](O[C@]2(CO[C@]3(CO[C@]4(CO)O[C@@H](CO)[C@@H](O)C4O)O[C@@H](CO)[C@@H](O)C3O)O[C@@H](CO)[C@@H](O)C2O)C(O)[C@@H](O)[C@H]1O. The van der Waals surface area contributed by atoms with Crippen molar-refractivity contribution in [2.24, 2.45) is 0 Å². The third-order valence-corrected chi connectivity index (χ3v) is 8.48. The van der Waals surface area contributed by atoms with Crippen molar-refractivity contribution in [3.63, 3.8) is 0 Å². The Bertz CT molecular complexity index is 962. The molecule has 4 fully saturated rings. The van der Waals surface area contributed by atoms with Crippen LogP contribution in [0.5, 0.6) is 0 Å². The minimum absolute atomic E-state index is 0.809. The summed E-state index contributed by atoms with van der Waals surface area (Å²) >= 11 is 0. The summed E-state index contributed by atoms with van der Waals surface area (Å²) in [6.07, 6.45) is -25.6. The lowest BCUT2D eigenvalue weighted by Gasteiger charge is -2.44. The van der Waals surface area contributed by atoms with E-state index in [0.29, 0.717) is 0 Å². The van der Waals surface area contributed by atoms with Crippen LogP contribution in [0.4, 0.5) is 0 Å². The van der Waals surface area contributed by atoms with Gasteiger partial charge in [0, 0.05) is 0 Å². The molecule has 0 aromatic rings. The first-order valence-corrected chi connectivity index (χ1v) is 14.0. The fraction of sp³-hybridized carbons (Fsp3) is 1.00. The Morgan fingerprint density at radius 1 is 0.444 bits per heavy atom. The highest BCUT2D eigenvalue weighted by atomic mass is 16.8. The lowest BCUT2D eigenvalue weighted by molar-refractivity contribution is -0.404. The van der Waals surface area contributed by atoms with E-state index in [9.17, 15) is 71.5 Å². The van der Waals surface area contributed by atoms with E-state index in [1.54, 1.807) is 0 Å². The average molecular weight is 667 g/mol. The molecule has 0 aliphatic carbocycles. The average Bonchev–Trinajstić information content (AvgIpc) is 3.55. The number of hydrogen-bond acceptors (Lipinski definition) is 21. The summed E-state index contributed by atoms with van der Waals surface area (Å²) in [6.45, 7) is -6.84. The fourth-order valence-electron chi connectivity index (χ4n) is 5.65. The minimum Gasteiger partial charge on any atom is -0.394 e. The lowest BCUT2D eigenvalue weighted by Crippen LogP contribution is -2.63. The van der Waals surface area contributed by atoms with Gasteiger partial charge >= 0.3 is 0 Å². The quantitative estimate of drug-likeness (QED) is 0.0867. The number of aliphatic hydroxyl groups excluding tert-OH is 14. The first-order chi connectivity index (χ1) is 21.2. The second-order valence-electron chi connectivity index (χ2n) is 11.3. The molecular weight excluding hydrogens is 624 g/mol. The standard InChI is InChI=1S/C24H42O21/c25-1-8-12(30)16(34)17(35)21(41-8)45-24(20(38)15(33)11(4-28)44-24)7-40-23(19(37)14(32)10(3-27)43-23)6-39-22(5-29)18(36)13(31)9(2-26)42-22/h8-21,25-38H,1-7H2/t8?,9-,10-,11-,12-,13+,14+,15+,16-,17?,18?,19?,20?,21-,22+,23+,24-/m0/s1. The van der Waals surface area contributed by atoms with Crippen molar-refractivity contribution in [2.45, 2.75) is 103 Å². The third kappa shape index (κ3) is 6.49. The van der Waals surface area contributed by atoms with Gasteiger partial charge in [0.25, 0.3) is 0 Å². The maximum atomic E-state index is 11.0. The largest absolute Gasteiger partial charge is 0.394 e. The summed E-state index contributed by atoms with van der Waals surface area (Å²) in [5.74, 6) is -7.73. The first kappa shape index (κ1) is 37.0. The molecule has 4 rings (SSSR count). The van der Waals surface area contributed by atoms with Gasteiger partial charge < -0.3 is 105 Å². The van der Waals surface area contributed by atoms with Crippen LogP contribution in [-0.4, -0.2) is 221 Å². The van der Waals surface area contributed by atoms with E-state index >= 15 is 0 Å². The fourth-order valence-corrected chi connectivity index (χ4v) is 5.65. The van der Waals surface area contributed by atoms with Gasteiger partial charge in [-0.05, 0) is 0 Å². The number of hydrogen-bond donors (Lipinski definition) is 14. The Balaban J connectivity index is 1.65. The molecule has 4 saturated heterocycles. The summed E-state index contributed by atoms with van der Waals surface area (Å²) in [5, 5.41) is 143. The van der Waals surface area contributed by atoms with Crippen LogP contribution in [0.1, 0.15) is 0 Å². The molecule has 264 valence electrons. The first-order valence-electron chi connectivity index (χ1n) is 14.0. The van der Waals surface area contributed by atoms with Crippen LogP contribution in [0.15, 0.2) is 0 Å². The molecule has 0 aromatic heterocycles. The molecule has 0 amide bonds. The molecule has 21 nitrogen and oxygen atoms in total. The van der Waals surface area contributed by atoms with Crippen LogP contribution in [0.3, 0.4) is 0 Å². The zero-order chi connectivity index (χ0) is 33.5. The van der Waals surface area contributed by atoms with Gasteiger partial charge in [-0.3, -0.25) is 0 Å². The minimum atomic E-state index is -2.67. The Morgan fingerprint density at radius 3 is 1.31 bits per heavy atom. The molecule has 4 heterocycles. The molecule has 5 unspecified atom stereocenters. The van der Waals surface area contributed by atoms with Crippen molar-refractivity contribution >= 4 is 0 Å². The maximum absolute atomic E-state index is 11.0. The van der Waals surface area contributed by atoms with Crippen molar-refractivity contribution in [3.8, 4) is 0 Å². The molecule has 21 heteroatoms. The summed E-state index contributed by atoms with van der Waals surface area (Å²) < 4.78 is 38.7. The predicted molar refractivity (Wildman–Crippen MR) is 134 cm³/mol. The van der Waals surface area contributed by atoms with Crippen molar-refractivity contribution in [1.82, 2.24) is 0 Å². The van der Waals surface area contributed by atoms with E-state index in [-0.39, 0.29) is 0 Å². The number of rotatable bonds is 13. The summed E-state index contributed by atoms with van der Waals surface area (Å²) in [6, 6.07) is 0. The second-order valence-corrected chi connectivity index (χ2v) is 11.3. The van der Waals surface area contributed by atoms with E-state index in [0.717, 1.165) is 0 Å². The lowest BCUT2D eigenvalue weighted by atomic mass is 9.99. The summed E-state index contributed by atoms with van der Waals surface area (Å²) in [7, 11) is 0. The van der Waals surface area contributed by atoms with Crippen LogP contribution in [-0.2, 0) is 33.2 Å². The van der Waals surface area contributed by atoms with Crippen LogP contribution >= 0.6 is 0 Å². The molecule has 45 heavy (non-hydrogen) atoms. The Morgan fingerprint density at radius 2 is 0.844 bits per heavy atom. The van der Waals surface area contributed by atoms with E-state index < -0.39 is 149 Å². The highest BCUT2D eigenvalue weighted by molar-refractivity contribution is 5.03. The van der Waals surface area contributed by atoms with Gasteiger partial charge in [-0.15, -0.1) is 0 Å². The van der Waals surface area contributed by atoms with Gasteiger partial charge in [0.15, 0.2) is 6.29 Å². The monoisotopic (exact) mass is 666 g/mol. The molecule has 0 saturated carbocycles. The van der Waals surface area contributed by atoms with E-state index in [1.807, 2.05) is 0 Å². The highest BCUT2D eigenvalue weighted by Gasteiger charge is 2.64. The van der Waals surface area contributed by atoms with Crippen LogP contribution in [0.2, 0.25) is 0 Å². The van der Waals surface area contributed by atoms with Crippen LogP contribution in [0, 0.1) is 0 Å². The summed E-state index contributed by atoms with van der Waals surface area (Å²) in [5.41, 5.74) is 0. The normalized spacial score (nSPS) is 52.1. The summed E-state index contributed by atoms with van der Waals surface area (Å²) in [4.78, 5) is 0. The predicted octanol–water partition coefficient (Wildman–Crippen LogP) is -9.74. The van der Waals surface area contributed by atoms with Crippen molar-refractivity contribution in [2.75, 3.05) is 46.2 Å². The van der Waals surface area contributed by atoms with Gasteiger partial charge in [0.1, 0.15) is 99.2 Å². The van der Waals surface area contributed by atoms with Crippen molar-refractivity contribution in [1.29, 1.82) is 0 Å². The maximum Gasteiger partial charge on any atom is 0.224 e. The van der Waals surface area contributed by atoms with Gasteiger partial charge in [-0.1, -0.05) is 0 Å². The molecule has 0 radical (unpaired) electrons. The Hall–Kier alpha value is -0.840. The van der Waals surface area contributed by atoms with Gasteiger partial charge in [-0.25, -0.2) is 0 Å². The van der Waals surface area contributed by atoms with E-state index in [2.05, 4.69) is 0 Å². The van der Waals surface area contributed by atoms with Crippen molar-refractivity contribution in [3.05, 3.63) is 0 Å². The molecule has 17 atom stereocenters. The molecule has 14 N–H and O–H groups in total. The van der Waals surface area contributed by atoms with Gasteiger partial charge in [0.2, 0.25) is 17.4 Å². The second kappa shape index (κ2) is 14.3. The van der Waals surface area contributed by atoms with Gasteiger partial charge in [0.05, 0.1) is 26.4 Å². The van der Waals surface area contributed by atoms with E-state index in [4.69, 9.17) is 33.2 Å². The highest BCUT2D eigenvalue weighted by Crippen LogP contribution is 2.41. The smallest absolute Gasteiger partial charge is 0.224 e. The molecule has 4 aliphatic heterocycles. The topological polar surface area (TPSA) is 348 Å². The molecule has 0 aromatic carbocycles. The zero-order valence-electron chi connectivity index (χ0n) is 23.7. The number of aliphatic hydroxyl groups is 14. The Labute approximate surface area is 254 Å².